The molecule has 0 aliphatic carbocycles. The highest BCUT2D eigenvalue weighted by Crippen LogP contribution is 2.13. The molecule has 0 amide bonds. The number of rotatable bonds is 5. The summed E-state index contributed by atoms with van der Waals surface area (Å²) in [6, 6.07) is 6.99. The van der Waals surface area contributed by atoms with E-state index in [-0.39, 0.29) is 0 Å². The van der Waals surface area contributed by atoms with Gasteiger partial charge in [0, 0.05) is 0 Å². The van der Waals surface area contributed by atoms with Crippen molar-refractivity contribution in [2.75, 3.05) is 39.8 Å². The van der Waals surface area contributed by atoms with E-state index in [1.54, 1.807) is 17.0 Å². The molecule has 6 heteroatoms. The Morgan fingerprint density at radius 2 is 1.64 bits per heavy atom. The standard InChI is InChI=1S/C16H27N3O2S/c1-14-5-7-15(8-6-14)22(20,21)17-16(2,3)13-19-11-9-18(4)10-12-19/h5-8,17H,9-13H2,1-4H3/p+2. The van der Waals surface area contributed by atoms with Crippen LogP contribution in [0.4, 0.5) is 0 Å². The average Bonchev–Trinajstić information content (AvgIpc) is 2.40. The smallest absolute Gasteiger partial charge is 0.241 e. The summed E-state index contributed by atoms with van der Waals surface area (Å²) in [7, 11) is -1.25. The zero-order chi connectivity index (χ0) is 16.4. The van der Waals surface area contributed by atoms with Crippen LogP contribution < -0.4 is 14.5 Å². The Hall–Kier alpha value is -0.950. The maximum absolute atomic E-state index is 12.5. The minimum atomic E-state index is -3.46. The zero-order valence-electron chi connectivity index (χ0n) is 14.1. The first-order valence-electron chi connectivity index (χ1n) is 7.93. The molecule has 0 atom stereocenters. The van der Waals surface area contributed by atoms with Crippen LogP contribution in [0, 0.1) is 6.92 Å². The second kappa shape index (κ2) is 6.66. The lowest BCUT2D eigenvalue weighted by molar-refractivity contribution is -1.00. The maximum Gasteiger partial charge on any atom is 0.241 e. The third-order valence-electron chi connectivity index (χ3n) is 4.24. The molecule has 1 heterocycles. The molecule has 1 aromatic carbocycles. The lowest BCUT2D eigenvalue weighted by Gasteiger charge is -2.33. The second-order valence-corrected chi connectivity index (χ2v) is 8.87. The molecule has 2 rings (SSSR count). The number of likely N-dealkylation sites (N-methyl/N-ethyl adjacent to an activating group) is 1. The SMILES string of the molecule is Cc1ccc(S(=O)(=O)NC(C)(C)C[NH+]2CC[NH+](C)CC2)cc1. The van der Waals surface area contributed by atoms with Gasteiger partial charge in [0.1, 0.15) is 26.2 Å². The van der Waals surface area contributed by atoms with Gasteiger partial charge in [-0.05, 0) is 32.9 Å². The molecule has 124 valence electrons. The number of benzene rings is 1. The van der Waals surface area contributed by atoms with Crippen LogP contribution in [0.3, 0.4) is 0 Å². The van der Waals surface area contributed by atoms with Crippen molar-refractivity contribution in [3.63, 3.8) is 0 Å². The first-order valence-corrected chi connectivity index (χ1v) is 9.42. The van der Waals surface area contributed by atoms with Gasteiger partial charge < -0.3 is 9.80 Å². The summed E-state index contributed by atoms with van der Waals surface area (Å²) in [5.41, 5.74) is 0.604. The van der Waals surface area contributed by atoms with Crippen molar-refractivity contribution < 1.29 is 18.2 Å². The van der Waals surface area contributed by atoms with Crippen molar-refractivity contribution in [2.45, 2.75) is 31.2 Å². The zero-order valence-corrected chi connectivity index (χ0v) is 14.9. The van der Waals surface area contributed by atoms with Crippen molar-refractivity contribution in [1.29, 1.82) is 0 Å². The van der Waals surface area contributed by atoms with Crippen molar-refractivity contribution in [3.05, 3.63) is 29.8 Å². The molecule has 0 aromatic heterocycles. The highest BCUT2D eigenvalue weighted by molar-refractivity contribution is 7.89. The van der Waals surface area contributed by atoms with E-state index < -0.39 is 15.6 Å². The molecular weight excluding hydrogens is 298 g/mol. The number of quaternary nitrogens is 2. The number of hydrogen-bond donors (Lipinski definition) is 3. The number of aryl methyl sites for hydroxylation is 1. The highest BCUT2D eigenvalue weighted by Gasteiger charge is 2.32. The van der Waals surface area contributed by atoms with Gasteiger partial charge in [-0.15, -0.1) is 0 Å². The van der Waals surface area contributed by atoms with Gasteiger partial charge in [0.15, 0.2) is 0 Å². The molecule has 22 heavy (non-hydrogen) atoms. The Labute approximate surface area is 134 Å². The predicted molar refractivity (Wildman–Crippen MR) is 87.8 cm³/mol. The third-order valence-corrected chi connectivity index (χ3v) is 5.96. The normalized spacial score (nSPS) is 23.5. The number of piperazine rings is 1. The topological polar surface area (TPSA) is 55.0 Å². The Kier molecular flexibility index (Phi) is 5.27. The van der Waals surface area contributed by atoms with Gasteiger partial charge in [0.25, 0.3) is 0 Å². The van der Waals surface area contributed by atoms with Crippen LogP contribution in [0.2, 0.25) is 0 Å². The summed E-state index contributed by atoms with van der Waals surface area (Å²) in [6.45, 7) is 11.2. The monoisotopic (exact) mass is 327 g/mol. The summed E-state index contributed by atoms with van der Waals surface area (Å²) in [4.78, 5) is 3.37. The Balaban J connectivity index is 2.02. The minimum absolute atomic E-state index is 0.337. The summed E-state index contributed by atoms with van der Waals surface area (Å²) in [5, 5.41) is 0. The Morgan fingerprint density at radius 1 is 1.09 bits per heavy atom. The summed E-state index contributed by atoms with van der Waals surface area (Å²) in [5.74, 6) is 0. The van der Waals surface area contributed by atoms with Crippen LogP contribution in [0.5, 0.6) is 0 Å². The van der Waals surface area contributed by atoms with Gasteiger partial charge in [0.2, 0.25) is 10.0 Å². The van der Waals surface area contributed by atoms with Crippen molar-refractivity contribution in [1.82, 2.24) is 4.72 Å². The molecule has 0 unspecified atom stereocenters. The van der Waals surface area contributed by atoms with Crippen molar-refractivity contribution in [3.8, 4) is 0 Å². The minimum Gasteiger partial charge on any atom is -0.328 e. The lowest BCUT2D eigenvalue weighted by Crippen LogP contribution is -3.27. The highest BCUT2D eigenvalue weighted by atomic mass is 32.2. The molecule has 1 fully saturated rings. The lowest BCUT2D eigenvalue weighted by atomic mass is 10.1. The van der Waals surface area contributed by atoms with E-state index in [0.29, 0.717) is 4.90 Å². The fraction of sp³-hybridized carbons (Fsp3) is 0.625. The van der Waals surface area contributed by atoms with Gasteiger partial charge in [-0.2, -0.15) is 4.72 Å². The van der Waals surface area contributed by atoms with E-state index >= 15 is 0 Å². The summed E-state index contributed by atoms with van der Waals surface area (Å²) < 4.78 is 27.9. The quantitative estimate of drug-likeness (QED) is 0.614. The van der Waals surface area contributed by atoms with Gasteiger partial charge >= 0.3 is 0 Å². The fourth-order valence-corrected chi connectivity index (χ4v) is 4.42. The third kappa shape index (κ3) is 4.78. The molecule has 3 N–H and O–H groups in total. The van der Waals surface area contributed by atoms with Crippen LogP contribution in [0.1, 0.15) is 19.4 Å². The molecule has 1 aromatic rings. The van der Waals surface area contributed by atoms with Crippen LogP contribution in [0.15, 0.2) is 29.2 Å². The van der Waals surface area contributed by atoms with Crippen LogP contribution in [-0.4, -0.2) is 53.7 Å². The second-order valence-electron chi connectivity index (χ2n) is 7.19. The molecular formula is C16H29N3O2S+2. The van der Waals surface area contributed by atoms with Crippen LogP contribution in [-0.2, 0) is 10.0 Å². The fourth-order valence-electron chi connectivity index (χ4n) is 3.01. The molecule has 0 bridgehead atoms. The van der Waals surface area contributed by atoms with E-state index in [1.165, 1.54) is 4.90 Å². The van der Waals surface area contributed by atoms with Gasteiger partial charge in [-0.1, -0.05) is 17.7 Å². The maximum atomic E-state index is 12.5. The van der Waals surface area contributed by atoms with Gasteiger partial charge in [-0.3, -0.25) is 0 Å². The first kappa shape index (κ1) is 17.4. The number of nitrogens with one attached hydrogen (secondary N) is 3. The van der Waals surface area contributed by atoms with E-state index in [2.05, 4.69) is 11.8 Å². The molecule has 0 saturated carbocycles. The molecule has 1 aliphatic heterocycles. The molecule has 0 spiro atoms. The van der Waals surface area contributed by atoms with Gasteiger partial charge in [-0.25, -0.2) is 8.42 Å². The molecule has 1 saturated heterocycles. The van der Waals surface area contributed by atoms with Crippen LogP contribution in [0.25, 0.3) is 0 Å². The van der Waals surface area contributed by atoms with E-state index in [0.717, 1.165) is 38.3 Å². The van der Waals surface area contributed by atoms with Crippen molar-refractivity contribution >= 4 is 10.0 Å². The largest absolute Gasteiger partial charge is 0.328 e. The van der Waals surface area contributed by atoms with E-state index in [9.17, 15) is 8.42 Å². The molecule has 5 nitrogen and oxygen atoms in total. The average molecular weight is 327 g/mol. The Bertz CT molecular complexity index is 588. The first-order chi connectivity index (χ1) is 10.2. The molecule has 0 radical (unpaired) electrons. The molecule has 1 aliphatic rings. The van der Waals surface area contributed by atoms with Crippen molar-refractivity contribution in [2.24, 2.45) is 0 Å². The van der Waals surface area contributed by atoms with Crippen LogP contribution >= 0.6 is 0 Å². The van der Waals surface area contributed by atoms with E-state index in [4.69, 9.17) is 0 Å². The number of sulfonamides is 1. The summed E-state index contributed by atoms with van der Waals surface area (Å²) in [6.07, 6.45) is 0. The predicted octanol–water partition coefficient (Wildman–Crippen LogP) is -1.53. The Morgan fingerprint density at radius 3 is 2.18 bits per heavy atom. The van der Waals surface area contributed by atoms with Gasteiger partial charge in [0.05, 0.1) is 24.0 Å². The number of hydrogen-bond acceptors (Lipinski definition) is 2. The summed E-state index contributed by atoms with van der Waals surface area (Å²) >= 11 is 0. The van der Waals surface area contributed by atoms with E-state index in [1.807, 2.05) is 32.9 Å².